The Bertz CT molecular complexity index is 1100. The molecular formula is C27H34N6O3. The molecule has 4 rings (SSSR count). The highest BCUT2D eigenvalue weighted by Crippen LogP contribution is 2.33. The van der Waals surface area contributed by atoms with Crippen LogP contribution in [0.4, 0.5) is 10.5 Å². The first kappa shape index (κ1) is 25.3. The molecule has 0 spiro atoms. The molecule has 1 saturated carbocycles. The Kier molecular flexibility index (Phi) is 7.67. The lowest BCUT2D eigenvalue weighted by molar-refractivity contribution is 0.0142. The van der Waals surface area contributed by atoms with Gasteiger partial charge in [-0.25, -0.2) is 14.8 Å². The highest BCUT2D eigenvalue weighted by molar-refractivity contribution is 6.07. The van der Waals surface area contributed by atoms with Crippen LogP contribution < -0.4 is 5.32 Å². The summed E-state index contributed by atoms with van der Waals surface area (Å²) in [6, 6.07) is 9.52. The number of ether oxygens (including phenoxy) is 1. The maximum Gasteiger partial charge on any atom is 0.410 e. The topological polar surface area (TPSA) is 112 Å². The van der Waals surface area contributed by atoms with Gasteiger partial charge < -0.3 is 25.3 Å². The van der Waals surface area contributed by atoms with Crippen molar-refractivity contribution in [3.63, 3.8) is 0 Å². The zero-order valence-electron chi connectivity index (χ0n) is 21.1. The van der Waals surface area contributed by atoms with Crippen molar-refractivity contribution in [1.29, 1.82) is 5.41 Å². The Morgan fingerprint density at radius 3 is 2.31 bits per heavy atom. The van der Waals surface area contributed by atoms with E-state index in [2.05, 4.69) is 15.3 Å². The van der Waals surface area contributed by atoms with Crippen LogP contribution in [0.2, 0.25) is 0 Å². The predicted molar refractivity (Wildman–Crippen MR) is 139 cm³/mol. The summed E-state index contributed by atoms with van der Waals surface area (Å²) >= 11 is 0. The number of aromatic nitrogens is 2. The van der Waals surface area contributed by atoms with Crippen molar-refractivity contribution in [2.45, 2.75) is 64.1 Å². The number of nitrogens with one attached hydrogen (secondary N) is 2. The molecule has 9 nitrogen and oxygen atoms in total. The Balaban J connectivity index is 1.38. The minimum Gasteiger partial charge on any atom is -0.444 e. The number of amides is 2. The lowest BCUT2D eigenvalue weighted by Gasteiger charge is -2.39. The Morgan fingerprint density at radius 1 is 1.08 bits per heavy atom. The fraction of sp³-hybridized carbons (Fsp3) is 0.444. The molecule has 36 heavy (non-hydrogen) atoms. The van der Waals surface area contributed by atoms with Gasteiger partial charge in [0.1, 0.15) is 11.9 Å². The third kappa shape index (κ3) is 6.47. The molecule has 2 aliphatic rings. The highest BCUT2D eigenvalue weighted by atomic mass is 16.6. The fourth-order valence-corrected chi connectivity index (χ4v) is 4.31. The number of allylic oxidation sites excluding steroid dienone is 1. The van der Waals surface area contributed by atoms with Gasteiger partial charge in [-0.2, -0.15) is 0 Å². The van der Waals surface area contributed by atoms with Crippen LogP contribution in [0.15, 0.2) is 49.1 Å². The van der Waals surface area contributed by atoms with E-state index in [-0.39, 0.29) is 24.1 Å². The lowest BCUT2D eigenvalue weighted by Crippen LogP contribution is -2.50. The summed E-state index contributed by atoms with van der Waals surface area (Å²) in [5.74, 6) is 0.0384. The quantitative estimate of drug-likeness (QED) is 0.550. The van der Waals surface area contributed by atoms with Gasteiger partial charge in [-0.15, -0.1) is 0 Å². The molecule has 0 bridgehead atoms. The molecule has 1 saturated heterocycles. The van der Waals surface area contributed by atoms with Crippen molar-refractivity contribution in [1.82, 2.24) is 19.8 Å². The number of rotatable bonds is 7. The molecule has 0 atom stereocenters. The number of benzene rings is 1. The third-order valence-corrected chi connectivity index (χ3v) is 6.24. The Labute approximate surface area is 212 Å². The maximum absolute atomic E-state index is 13.5. The van der Waals surface area contributed by atoms with E-state index in [1.54, 1.807) is 23.4 Å². The number of carbonyl (C=O) groups is 2. The second kappa shape index (κ2) is 10.9. The first-order chi connectivity index (χ1) is 17.2. The summed E-state index contributed by atoms with van der Waals surface area (Å²) in [7, 11) is 0. The summed E-state index contributed by atoms with van der Waals surface area (Å²) < 4.78 is 5.51. The molecule has 2 heterocycles. The van der Waals surface area contributed by atoms with E-state index in [9.17, 15) is 9.59 Å². The normalized spacial score (nSPS) is 16.9. The van der Waals surface area contributed by atoms with Crippen molar-refractivity contribution >= 4 is 29.5 Å². The predicted octanol–water partition coefficient (Wildman–Crippen LogP) is 4.58. The van der Waals surface area contributed by atoms with Gasteiger partial charge in [-0.05, 0) is 76.8 Å². The van der Waals surface area contributed by atoms with Crippen LogP contribution in [0.5, 0.6) is 0 Å². The number of nitrogens with zero attached hydrogens (tertiary/aromatic N) is 4. The maximum atomic E-state index is 13.5. The number of likely N-dealkylation sites (tertiary alicyclic amines) is 1. The van der Waals surface area contributed by atoms with Crippen LogP contribution in [0.1, 0.15) is 62.5 Å². The smallest absolute Gasteiger partial charge is 0.410 e. The summed E-state index contributed by atoms with van der Waals surface area (Å²) in [5.41, 5.74) is 2.21. The summed E-state index contributed by atoms with van der Waals surface area (Å²) in [5, 5.41) is 10.8. The monoisotopic (exact) mass is 490 g/mol. The summed E-state index contributed by atoms with van der Waals surface area (Å²) in [4.78, 5) is 37.7. The van der Waals surface area contributed by atoms with Gasteiger partial charge in [0.2, 0.25) is 0 Å². The Hall–Kier alpha value is -3.75. The second-order valence-electron chi connectivity index (χ2n) is 10.2. The molecule has 190 valence electrons. The summed E-state index contributed by atoms with van der Waals surface area (Å²) in [6.07, 6.45) is 9.29. The number of anilines is 1. The molecule has 2 amide bonds. The molecule has 1 aliphatic heterocycles. The molecule has 1 aromatic carbocycles. The highest BCUT2D eigenvalue weighted by Gasteiger charge is 2.39. The standard InChI is InChI=1S/C27H34N6O3/c1-27(2,3)36-26(35)32-14-11-23(12-15-32)33(22-8-9-22)25(34)19-4-6-21(7-5-19)30-17-20(16-28)24-10-13-29-18-31-24/h4-7,10,13,16-18,22-23,28,30H,8-9,11-12,14-15H2,1-3H3/b20-17+,28-16?. The lowest BCUT2D eigenvalue weighted by atomic mass is 10.0. The molecule has 2 aromatic rings. The largest absolute Gasteiger partial charge is 0.444 e. The molecule has 2 fully saturated rings. The van der Waals surface area contributed by atoms with Crippen LogP contribution in [-0.4, -0.2) is 68.8 Å². The minimum atomic E-state index is -0.516. The van der Waals surface area contributed by atoms with Crippen molar-refractivity contribution in [2.75, 3.05) is 18.4 Å². The van der Waals surface area contributed by atoms with Crippen LogP contribution >= 0.6 is 0 Å². The molecular weight excluding hydrogens is 456 g/mol. The third-order valence-electron chi connectivity index (χ3n) is 6.24. The average Bonchev–Trinajstić information content (AvgIpc) is 3.70. The molecule has 9 heteroatoms. The number of hydrogen-bond donors (Lipinski definition) is 2. The second-order valence-corrected chi connectivity index (χ2v) is 10.2. The van der Waals surface area contributed by atoms with Crippen LogP contribution in [0.3, 0.4) is 0 Å². The van der Waals surface area contributed by atoms with Gasteiger partial charge in [-0.1, -0.05) is 0 Å². The molecule has 1 aliphatic carbocycles. The zero-order valence-corrected chi connectivity index (χ0v) is 21.1. The summed E-state index contributed by atoms with van der Waals surface area (Å²) in [6.45, 7) is 6.79. The molecule has 0 unspecified atom stereocenters. The first-order valence-corrected chi connectivity index (χ1v) is 12.4. The first-order valence-electron chi connectivity index (χ1n) is 12.4. The van der Waals surface area contributed by atoms with E-state index in [0.717, 1.165) is 31.4 Å². The van der Waals surface area contributed by atoms with Gasteiger partial charge in [0.15, 0.2) is 0 Å². The van der Waals surface area contributed by atoms with Crippen molar-refractivity contribution in [2.24, 2.45) is 0 Å². The van der Waals surface area contributed by atoms with Gasteiger partial charge in [0.25, 0.3) is 5.91 Å². The van der Waals surface area contributed by atoms with Crippen molar-refractivity contribution in [3.05, 3.63) is 60.3 Å². The Morgan fingerprint density at radius 2 is 1.75 bits per heavy atom. The van der Waals surface area contributed by atoms with E-state index >= 15 is 0 Å². The van der Waals surface area contributed by atoms with E-state index in [1.807, 2.05) is 49.9 Å². The molecule has 2 N–H and O–H groups in total. The van der Waals surface area contributed by atoms with Gasteiger partial charge in [0.05, 0.1) is 5.69 Å². The van der Waals surface area contributed by atoms with Crippen molar-refractivity contribution < 1.29 is 14.3 Å². The van der Waals surface area contributed by atoms with Crippen LogP contribution in [0.25, 0.3) is 5.57 Å². The SMILES string of the molecule is CC(C)(C)OC(=O)N1CCC(N(C(=O)c2ccc(N/C=C(\C=N)c3ccncn3)cc2)C2CC2)CC1. The minimum absolute atomic E-state index is 0.0384. The van der Waals surface area contributed by atoms with Gasteiger partial charge >= 0.3 is 6.09 Å². The fourth-order valence-electron chi connectivity index (χ4n) is 4.31. The number of carbonyl (C=O) groups excluding carboxylic acids is 2. The number of piperidine rings is 1. The average molecular weight is 491 g/mol. The zero-order chi connectivity index (χ0) is 25.7. The number of hydrogen-bond acceptors (Lipinski definition) is 7. The van der Waals surface area contributed by atoms with Crippen LogP contribution in [-0.2, 0) is 4.74 Å². The van der Waals surface area contributed by atoms with Gasteiger partial charge in [0, 0.05) is 60.6 Å². The molecule has 0 radical (unpaired) electrons. The van der Waals surface area contributed by atoms with E-state index in [1.165, 1.54) is 12.5 Å². The van der Waals surface area contributed by atoms with E-state index in [0.29, 0.717) is 29.9 Å². The van der Waals surface area contributed by atoms with E-state index in [4.69, 9.17) is 10.1 Å². The van der Waals surface area contributed by atoms with E-state index < -0.39 is 5.60 Å². The van der Waals surface area contributed by atoms with Crippen LogP contribution in [0, 0.1) is 5.41 Å². The van der Waals surface area contributed by atoms with Crippen molar-refractivity contribution in [3.8, 4) is 0 Å². The van der Waals surface area contributed by atoms with Gasteiger partial charge in [-0.3, -0.25) is 4.79 Å². The molecule has 1 aromatic heterocycles.